The first-order valence-corrected chi connectivity index (χ1v) is 7.54. The van der Waals surface area contributed by atoms with Crippen molar-refractivity contribution < 1.29 is 4.74 Å². The van der Waals surface area contributed by atoms with Gasteiger partial charge >= 0.3 is 0 Å². The highest BCUT2D eigenvalue weighted by Crippen LogP contribution is 2.26. The van der Waals surface area contributed by atoms with E-state index < -0.39 is 0 Å². The molecule has 0 saturated heterocycles. The molecule has 0 amide bonds. The number of halogens is 2. The van der Waals surface area contributed by atoms with E-state index in [4.69, 9.17) is 4.74 Å². The lowest BCUT2D eigenvalue weighted by atomic mass is 10.1. The third-order valence-corrected chi connectivity index (χ3v) is 4.00. The van der Waals surface area contributed by atoms with Crippen LogP contribution < -0.4 is 5.32 Å². The van der Waals surface area contributed by atoms with Crippen molar-refractivity contribution in [2.45, 2.75) is 13.2 Å². The van der Waals surface area contributed by atoms with Gasteiger partial charge in [-0.3, -0.25) is 0 Å². The number of benzene rings is 2. The molecular formula is C15H15Br2NO. The van der Waals surface area contributed by atoms with Crippen LogP contribution in [0.25, 0.3) is 0 Å². The molecule has 2 aromatic rings. The van der Waals surface area contributed by atoms with Crippen molar-refractivity contribution >= 4 is 37.5 Å². The third kappa shape index (κ3) is 4.06. The van der Waals surface area contributed by atoms with Crippen molar-refractivity contribution in [1.29, 1.82) is 0 Å². The maximum atomic E-state index is 5.22. The van der Waals surface area contributed by atoms with Crippen molar-refractivity contribution in [3.63, 3.8) is 0 Å². The van der Waals surface area contributed by atoms with Gasteiger partial charge in [0.25, 0.3) is 0 Å². The monoisotopic (exact) mass is 383 g/mol. The van der Waals surface area contributed by atoms with Gasteiger partial charge in [-0.25, -0.2) is 0 Å². The smallest absolute Gasteiger partial charge is 0.0716 e. The van der Waals surface area contributed by atoms with Gasteiger partial charge in [0, 0.05) is 28.3 Å². The molecule has 0 spiro atoms. The highest BCUT2D eigenvalue weighted by molar-refractivity contribution is 9.11. The zero-order valence-electron chi connectivity index (χ0n) is 10.6. The molecule has 0 aliphatic carbocycles. The molecule has 19 heavy (non-hydrogen) atoms. The molecule has 0 aliphatic rings. The van der Waals surface area contributed by atoms with Gasteiger partial charge in [-0.05, 0) is 45.3 Å². The standard InChI is InChI=1S/C15H15Br2NO/c1-19-10-12-5-3-2-4-11(12)9-18-15-8-13(16)6-7-14(15)17/h2-8,18H,9-10H2,1H3. The van der Waals surface area contributed by atoms with Gasteiger partial charge < -0.3 is 10.1 Å². The molecule has 0 unspecified atom stereocenters. The molecule has 2 aromatic carbocycles. The Morgan fingerprint density at radius 2 is 1.79 bits per heavy atom. The van der Waals surface area contributed by atoms with Crippen LogP contribution in [0.5, 0.6) is 0 Å². The fourth-order valence-corrected chi connectivity index (χ4v) is 2.60. The molecule has 100 valence electrons. The second-order valence-electron chi connectivity index (χ2n) is 4.18. The molecule has 2 rings (SSSR count). The molecule has 0 radical (unpaired) electrons. The Balaban J connectivity index is 2.12. The van der Waals surface area contributed by atoms with Crippen LogP contribution in [0.1, 0.15) is 11.1 Å². The Labute approximate surface area is 130 Å². The summed E-state index contributed by atoms with van der Waals surface area (Å²) in [4.78, 5) is 0. The van der Waals surface area contributed by atoms with Gasteiger partial charge in [0.1, 0.15) is 0 Å². The molecular weight excluding hydrogens is 370 g/mol. The predicted octanol–water partition coefficient (Wildman–Crippen LogP) is 4.97. The Hall–Kier alpha value is -0.840. The van der Waals surface area contributed by atoms with Crippen LogP contribution in [-0.4, -0.2) is 7.11 Å². The molecule has 1 N–H and O–H groups in total. The van der Waals surface area contributed by atoms with Gasteiger partial charge in [0.2, 0.25) is 0 Å². The third-order valence-electron chi connectivity index (χ3n) is 2.82. The van der Waals surface area contributed by atoms with Gasteiger partial charge in [0.15, 0.2) is 0 Å². The number of methoxy groups -OCH3 is 1. The van der Waals surface area contributed by atoms with Crippen LogP contribution in [0.4, 0.5) is 5.69 Å². The van der Waals surface area contributed by atoms with Gasteiger partial charge in [-0.1, -0.05) is 40.2 Å². The van der Waals surface area contributed by atoms with E-state index in [2.05, 4.69) is 55.4 Å². The molecule has 0 aliphatic heterocycles. The van der Waals surface area contributed by atoms with Crippen molar-refractivity contribution in [1.82, 2.24) is 0 Å². The average Bonchev–Trinajstić information content (AvgIpc) is 2.42. The van der Waals surface area contributed by atoms with Crippen LogP contribution in [0.3, 0.4) is 0 Å². The largest absolute Gasteiger partial charge is 0.380 e. The quantitative estimate of drug-likeness (QED) is 0.785. The van der Waals surface area contributed by atoms with E-state index in [0.717, 1.165) is 21.2 Å². The summed E-state index contributed by atoms with van der Waals surface area (Å²) in [6.45, 7) is 1.41. The average molecular weight is 385 g/mol. The predicted molar refractivity (Wildman–Crippen MR) is 86.3 cm³/mol. The summed E-state index contributed by atoms with van der Waals surface area (Å²) in [7, 11) is 1.72. The minimum atomic E-state index is 0.636. The molecule has 0 saturated carbocycles. The van der Waals surface area contributed by atoms with E-state index in [1.165, 1.54) is 11.1 Å². The number of hydrogen-bond donors (Lipinski definition) is 1. The zero-order valence-corrected chi connectivity index (χ0v) is 13.8. The first kappa shape index (κ1) is 14.6. The number of ether oxygens (including phenoxy) is 1. The highest BCUT2D eigenvalue weighted by Gasteiger charge is 2.04. The van der Waals surface area contributed by atoms with E-state index in [0.29, 0.717) is 6.61 Å². The molecule has 0 bridgehead atoms. The van der Waals surface area contributed by atoms with Gasteiger partial charge in [0.05, 0.1) is 6.61 Å². The van der Waals surface area contributed by atoms with Crippen molar-refractivity contribution in [2.75, 3.05) is 12.4 Å². The van der Waals surface area contributed by atoms with Crippen LogP contribution in [0.2, 0.25) is 0 Å². The number of hydrogen-bond acceptors (Lipinski definition) is 2. The van der Waals surface area contributed by atoms with Crippen molar-refractivity contribution in [3.05, 3.63) is 62.5 Å². The summed E-state index contributed by atoms with van der Waals surface area (Å²) in [5.41, 5.74) is 3.53. The summed E-state index contributed by atoms with van der Waals surface area (Å²) in [5, 5.41) is 3.44. The molecule has 2 nitrogen and oxygen atoms in total. The van der Waals surface area contributed by atoms with E-state index in [9.17, 15) is 0 Å². The number of rotatable bonds is 5. The fraction of sp³-hybridized carbons (Fsp3) is 0.200. The minimum absolute atomic E-state index is 0.636. The Morgan fingerprint density at radius 3 is 2.53 bits per heavy atom. The SMILES string of the molecule is COCc1ccccc1CNc1cc(Br)ccc1Br. The fourth-order valence-electron chi connectivity index (χ4n) is 1.85. The molecule has 0 atom stereocenters. The summed E-state index contributed by atoms with van der Waals surface area (Å²) >= 11 is 7.03. The topological polar surface area (TPSA) is 21.3 Å². The van der Waals surface area contributed by atoms with E-state index in [1.54, 1.807) is 7.11 Å². The molecule has 0 aromatic heterocycles. The lowest BCUT2D eigenvalue weighted by Gasteiger charge is -2.12. The first-order chi connectivity index (χ1) is 9.20. The maximum absolute atomic E-state index is 5.22. The first-order valence-electron chi connectivity index (χ1n) is 5.95. The zero-order chi connectivity index (χ0) is 13.7. The summed E-state index contributed by atoms with van der Waals surface area (Å²) in [6.07, 6.45) is 0. The molecule has 0 heterocycles. The summed E-state index contributed by atoms with van der Waals surface area (Å²) in [5.74, 6) is 0. The van der Waals surface area contributed by atoms with Crippen LogP contribution in [-0.2, 0) is 17.9 Å². The van der Waals surface area contributed by atoms with Gasteiger partial charge in [-0.2, -0.15) is 0 Å². The second kappa shape index (κ2) is 7.08. The maximum Gasteiger partial charge on any atom is 0.0716 e. The number of nitrogens with one attached hydrogen (secondary N) is 1. The highest BCUT2D eigenvalue weighted by atomic mass is 79.9. The van der Waals surface area contributed by atoms with Crippen LogP contribution in [0.15, 0.2) is 51.4 Å². The van der Waals surface area contributed by atoms with Crippen LogP contribution >= 0.6 is 31.9 Å². The van der Waals surface area contributed by atoms with Gasteiger partial charge in [-0.15, -0.1) is 0 Å². The molecule has 0 fully saturated rings. The lowest BCUT2D eigenvalue weighted by molar-refractivity contribution is 0.184. The Kier molecular flexibility index (Phi) is 5.43. The normalized spacial score (nSPS) is 10.5. The molecule has 4 heteroatoms. The van der Waals surface area contributed by atoms with Crippen molar-refractivity contribution in [2.24, 2.45) is 0 Å². The van der Waals surface area contributed by atoms with E-state index >= 15 is 0 Å². The van der Waals surface area contributed by atoms with Crippen molar-refractivity contribution in [3.8, 4) is 0 Å². The Bertz CT molecular complexity index is 558. The Morgan fingerprint density at radius 1 is 1.05 bits per heavy atom. The van der Waals surface area contributed by atoms with E-state index in [-0.39, 0.29) is 0 Å². The number of anilines is 1. The van der Waals surface area contributed by atoms with E-state index in [1.807, 2.05) is 24.3 Å². The summed E-state index contributed by atoms with van der Waals surface area (Å²) < 4.78 is 7.33. The minimum Gasteiger partial charge on any atom is -0.380 e. The summed E-state index contributed by atoms with van der Waals surface area (Å²) in [6, 6.07) is 14.4. The van der Waals surface area contributed by atoms with Crippen LogP contribution in [0, 0.1) is 0 Å². The second-order valence-corrected chi connectivity index (χ2v) is 5.95. The lowest BCUT2D eigenvalue weighted by Crippen LogP contribution is -2.04.